The van der Waals surface area contributed by atoms with Crippen molar-refractivity contribution < 1.29 is 4.79 Å². The molecule has 26 heavy (non-hydrogen) atoms. The Morgan fingerprint density at radius 3 is 2.58 bits per heavy atom. The number of likely N-dealkylation sites (tertiary alicyclic amines) is 1. The van der Waals surface area contributed by atoms with Gasteiger partial charge in [-0.15, -0.1) is 0 Å². The van der Waals surface area contributed by atoms with E-state index in [9.17, 15) is 4.79 Å². The van der Waals surface area contributed by atoms with Crippen LogP contribution in [-0.2, 0) is 11.8 Å². The molecule has 140 valence electrons. The summed E-state index contributed by atoms with van der Waals surface area (Å²) in [5, 5.41) is 4.01. The van der Waals surface area contributed by atoms with E-state index in [0.717, 1.165) is 18.2 Å². The summed E-state index contributed by atoms with van der Waals surface area (Å²) in [6, 6.07) is 10.8. The van der Waals surface area contributed by atoms with Crippen molar-refractivity contribution >= 4 is 17.7 Å². The minimum Gasteiger partial charge on any atom is -0.353 e. The van der Waals surface area contributed by atoms with Crippen molar-refractivity contribution in [2.24, 2.45) is 7.05 Å². The number of hydrogen-bond acceptors (Lipinski definition) is 4. The highest BCUT2D eigenvalue weighted by atomic mass is 32.2. The van der Waals surface area contributed by atoms with Crippen molar-refractivity contribution in [1.82, 2.24) is 19.8 Å². The van der Waals surface area contributed by atoms with E-state index in [1.807, 2.05) is 23.9 Å². The summed E-state index contributed by atoms with van der Waals surface area (Å²) in [5.41, 5.74) is 1.28. The van der Waals surface area contributed by atoms with Gasteiger partial charge in [0.2, 0.25) is 5.91 Å². The Morgan fingerprint density at radius 1 is 1.19 bits per heavy atom. The zero-order valence-electron chi connectivity index (χ0n) is 15.4. The van der Waals surface area contributed by atoms with Crippen LogP contribution in [0.4, 0.5) is 0 Å². The van der Waals surface area contributed by atoms with Gasteiger partial charge in [0.15, 0.2) is 5.16 Å². The van der Waals surface area contributed by atoms with E-state index in [1.165, 1.54) is 43.0 Å². The van der Waals surface area contributed by atoms with Gasteiger partial charge in [-0.25, -0.2) is 4.98 Å². The van der Waals surface area contributed by atoms with Crippen molar-refractivity contribution in [2.45, 2.75) is 36.9 Å². The number of nitrogens with one attached hydrogen (secondary N) is 1. The maximum Gasteiger partial charge on any atom is 0.230 e. The summed E-state index contributed by atoms with van der Waals surface area (Å²) in [5.74, 6) is 0.459. The molecule has 5 nitrogen and oxygen atoms in total. The normalized spacial score (nSPS) is 16.8. The second kappa shape index (κ2) is 9.78. The molecule has 1 N–H and O–H groups in total. The van der Waals surface area contributed by atoms with Gasteiger partial charge < -0.3 is 9.88 Å². The summed E-state index contributed by atoms with van der Waals surface area (Å²) in [6.45, 7) is 2.87. The van der Waals surface area contributed by atoms with Crippen LogP contribution in [0.15, 0.2) is 47.9 Å². The van der Waals surface area contributed by atoms with Crippen molar-refractivity contribution in [3.8, 4) is 0 Å². The van der Waals surface area contributed by atoms with Crippen LogP contribution >= 0.6 is 11.8 Å². The summed E-state index contributed by atoms with van der Waals surface area (Å²) in [4.78, 5) is 19.1. The number of hydrogen-bond donors (Lipinski definition) is 1. The van der Waals surface area contributed by atoms with Gasteiger partial charge in [0.25, 0.3) is 0 Å². The second-order valence-electron chi connectivity index (χ2n) is 6.79. The fourth-order valence-corrected chi connectivity index (χ4v) is 4.18. The minimum atomic E-state index is 0.0637. The van der Waals surface area contributed by atoms with E-state index < -0.39 is 0 Å². The first kappa shape index (κ1) is 19.0. The molecular formula is C20H28N4OS. The Labute approximate surface area is 160 Å². The fourth-order valence-electron chi connectivity index (χ4n) is 3.42. The number of rotatable bonds is 7. The van der Waals surface area contributed by atoms with Gasteiger partial charge in [-0.05, 0) is 31.5 Å². The zero-order chi connectivity index (χ0) is 18.2. The number of carbonyl (C=O) groups is 1. The number of thioether (sulfide) groups is 1. The lowest BCUT2D eigenvalue weighted by Gasteiger charge is -2.31. The molecule has 0 radical (unpaired) electrons. The van der Waals surface area contributed by atoms with Gasteiger partial charge in [0.05, 0.1) is 11.8 Å². The number of carbonyl (C=O) groups excluding carboxylic acids is 1. The highest BCUT2D eigenvalue weighted by Crippen LogP contribution is 2.24. The van der Waals surface area contributed by atoms with Crippen LogP contribution < -0.4 is 5.32 Å². The Balaban J connectivity index is 1.58. The molecule has 0 aliphatic carbocycles. The minimum absolute atomic E-state index is 0.0637. The quantitative estimate of drug-likeness (QED) is 0.758. The van der Waals surface area contributed by atoms with Crippen LogP contribution in [-0.4, -0.2) is 45.7 Å². The van der Waals surface area contributed by atoms with Gasteiger partial charge in [-0.3, -0.25) is 9.69 Å². The van der Waals surface area contributed by atoms with Crippen LogP contribution in [0, 0.1) is 0 Å². The molecule has 0 bridgehead atoms. The number of aromatic nitrogens is 2. The van der Waals surface area contributed by atoms with Crippen molar-refractivity contribution in [1.29, 1.82) is 0 Å². The SMILES string of the molecule is Cn1ccnc1SCC(=O)NCC(c1ccccc1)N1CCCCCC1. The monoisotopic (exact) mass is 372 g/mol. The molecule has 1 aromatic heterocycles. The molecule has 1 fully saturated rings. The maximum atomic E-state index is 12.3. The molecule has 3 rings (SSSR count). The Morgan fingerprint density at radius 2 is 1.92 bits per heavy atom. The molecule has 6 heteroatoms. The smallest absolute Gasteiger partial charge is 0.230 e. The van der Waals surface area contributed by atoms with Gasteiger partial charge in [0.1, 0.15) is 0 Å². The highest BCUT2D eigenvalue weighted by molar-refractivity contribution is 7.99. The van der Waals surface area contributed by atoms with E-state index in [4.69, 9.17) is 0 Å². The first-order valence-electron chi connectivity index (χ1n) is 9.40. The zero-order valence-corrected chi connectivity index (χ0v) is 16.3. The molecular weight excluding hydrogens is 344 g/mol. The molecule has 2 heterocycles. The maximum absolute atomic E-state index is 12.3. The lowest BCUT2D eigenvalue weighted by Crippen LogP contribution is -2.39. The molecule has 1 atom stereocenters. The third kappa shape index (κ3) is 5.35. The van der Waals surface area contributed by atoms with Crippen LogP contribution in [0.2, 0.25) is 0 Å². The van der Waals surface area contributed by atoms with Crippen LogP contribution in [0.5, 0.6) is 0 Å². The van der Waals surface area contributed by atoms with E-state index in [1.54, 1.807) is 6.20 Å². The topological polar surface area (TPSA) is 50.2 Å². The van der Waals surface area contributed by atoms with Crippen LogP contribution in [0.25, 0.3) is 0 Å². The van der Waals surface area contributed by atoms with E-state index in [2.05, 4.69) is 39.5 Å². The fraction of sp³-hybridized carbons (Fsp3) is 0.500. The first-order chi connectivity index (χ1) is 12.7. The summed E-state index contributed by atoms with van der Waals surface area (Å²) in [7, 11) is 1.94. The second-order valence-corrected chi connectivity index (χ2v) is 7.73. The number of amides is 1. The van der Waals surface area contributed by atoms with E-state index in [0.29, 0.717) is 12.3 Å². The average Bonchev–Trinajstić information content (AvgIpc) is 2.90. The number of aryl methyl sites for hydroxylation is 1. The average molecular weight is 373 g/mol. The first-order valence-corrected chi connectivity index (χ1v) is 10.4. The third-order valence-electron chi connectivity index (χ3n) is 4.87. The highest BCUT2D eigenvalue weighted by Gasteiger charge is 2.22. The Hall–Kier alpha value is -1.79. The molecule has 1 saturated heterocycles. The van der Waals surface area contributed by atoms with Gasteiger partial charge >= 0.3 is 0 Å². The van der Waals surface area contributed by atoms with Gasteiger partial charge in [-0.1, -0.05) is 54.9 Å². The lowest BCUT2D eigenvalue weighted by molar-refractivity contribution is -0.118. The predicted molar refractivity (Wildman–Crippen MR) is 106 cm³/mol. The number of imidazole rings is 1. The van der Waals surface area contributed by atoms with Crippen molar-refractivity contribution in [3.63, 3.8) is 0 Å². The molecule has 1 aliphatic heterocycles. The summed E-state index contributed by atoms with van der Waals surface area (Å²) in [6.07, 6.45) is 8.75. The third-order valence-corrected chi connectivity index (χ3v) is 5.93. The standard InChI is InChI=1S/C20H28N4OS/c1-23-14-11-21-20(23)26-16-19(25)22-15-18(17-9-5-4-6-10-17)24-12-7-2-3-8-13-24/h4-6,9-11,14,18H,2-3,7-8,12-13,15-16H2,1H3,(H,22,25). The van der Waals surface area contributed by atoms with E-state index >= 15 is 0 Å². The molecule has 1 amide bonds. The van der Waals surface area contributed by atoms with Crippen molar-refractivity contribution in [3.05, 3.63) is 48.3 Å². The van der Waals surface area contributed by atoms with Gasteiger partial charge in [-0.2, -0.15) is 0 Å². The molecule has 2 aromatic rings. The Kier molecular flexibility index (Phi) is 7.14. The predicted octanol–water partition coefficient (Wildman–Crippen LogP) is 3.25. The van der Waals surface area contributed by atoms with Crippen molar-refractivity contribution in [2.75, 3.05) is 25.4 Å². The van der Waals surface area contributed by atoms with E-state index in [-0.39, 0.29) is 11.9 Å². The molecule has 1 unspecified atom stereocenters. The summed E-state index contributed by atoms with van der Waals surface area (Å²) < 4.78 is 1.93. The molecule has 0 saturated carbocycles. The molecule has 0 spiro atoms. The van der Waals surface area contributed by atoms with Crippen LogP contribution in [0.1, 0.15) is 37.3 Å². The van der Waals surface area contributed by atoms with Gasteiger partial charge in [0, 0.05) is 26.0 Å². The van der Waals surface area contributed by atoms with Crippen LogP contribution in [0.3, 0.4) is 0 Å². The molecule has 1 aliphatic rings. The summed E-state index contributed by atoms with van der Waals surface area (Å²) >= 11 is 1.47. The molecule has 1 aromatic carbocycles. The largest absolute Gasteiger partial charge is 0.353 e. The lowest BCUT2D eigenvalue weighted by atomic mass is 10.0. The number of nitrogens with zero attached hydrogens (tertiary/aromatic N) is 3. The number of benzene rings is 1. The Bertz CT molecular complexity index is 680.